The normalized spacial score (nSPS) is 18.3. The summed E-state index contributed by atoms with van der Waals surface area (Å²) in [7, 11) is 0. The topological polar surface area (TPSA) is 111 Å². The monoisotopic (exact) mass is 489 g/mol. The predicted molar refractivity (Wildman–Crippen MR) is 131 cm³/mol. The molecular weight excluding hydrogens is 462 g/mol. The number of nitro benzene ring substituents is 1. The highest BCUT2D eigenvalue weighted by Gasteiger charge is 2.39. The molecule has 0 bridgehead atoms. The van der Waals surface area contributed by atoms with Crippen LogP contribution in [-0.4, -0.2) is 68.3 Å². The molecule has 2 saturated heterocycles. The van der Waals surface area contributed by atoms with Crippen molar-refractivity contribution in [3.05, 3.63) is 82.5 Å². The van der Waals surface area contributed by atoms with Gasteiger partial charge in [-0.15, -0.1) is 0 Å². The van der Waals surface area contributed by atoms with Gasteiger partial charge >= 0.3 is 6.09 Å². The van der Waals surface area contributed by atoms with Gasteiger partial charge in [-0.2, -0.15) is 5.10 Å². The molecule has 2 aliphatic heterocycles. The number of benzene rings is 2. The van der Waals surface area contributed by atoms with Crippen LogP contribution in [0.4, 0.5) is 10.5 Å². The number of nitro groups is 1. The maximum absolute atomic E-state index is 12.9. The molecule has 186 valence electrons. The van der Waals surface area contributed by atoms with Gasteiger partial charge in [-0.05, 0) is 43.0 Å². The molecule has 1 atom stereocenters. The fourth-order valence-corrected chi connectivity index (χ4v) is 4.95. The van der Waals surface area contributed by atoms with E-state index < -0.39 is 4.92 Å². The number of carbonyl (C=O) groups is 2. The zero-order chi connectivity index (χ0) is 25.1. The van der Waals surface area contributed by atoms with Crippen molar-refractivity contribution >= 4 is 17.7 Å². The van der Waals surface area contributed by atoms with Crippen LogP contribution in [0.2, 0.25) is 0 Å². The van der Waals surface area contributed by atoms with Gasteiger partial charge < -0.3 is 9.64 Å². The molecule has 2 aromatic carbocycles. The van der Waals surface area contributed by atoms with E-state index >= 15 is 0 Å². The number of nitrogens with zero attached hydrogens (tertiary/aromatic N) is 5. The molecule has 0 aliphatic carbocycles. The summed E-state index contributed by atoms with van der Waals surface area (Å²) >= 11 is 0. The van der Waals surface area contributed by atoms with E-state index in [9.17, 15) is 19.7 Å². The molecule has 0 spiro atoms. The number of aromatic nitrogens is 2. The van der Waals surface area contributed by atoms with Crippen LogP contribution >= 0.6 is 0 Å². The van der Waals surface area contributed by atoms with Gasteiger partial charge in [0.2, 0.25) is 5.91 Å². The average molecular weight is 490 g/mol. The first-order valence-electron chi connectivity index (χ1n) is 12.0. The Bertz CT molecular complexity index is 1240. The number of rotatable bonds is 7. The maximum Gasteiger partial charge on any atom is 0.410 e. The lowest BCUT2D eigenvalue weighted by Crippen LogP contribution is -2.50. The van der Waals surface area contributed by atoms with Crippen molar-refractivity contribution in [1.82, 2.24) is 19.6 Å². The van der Waals surface area contributed by atoms with E-state index in [2.05, 4.69) is 17.2 Å². The van der Waals surface area contributed by atoms with Gasteiger partial charge in [0.15, 0.2) is 0 Å². The zero-order valence-electron chi connectivity index (χ0n) is 19.7. The van der Waals surface area contributed by atoms with Gasteiger partial charge in [0.1, 0.15) is 13.2 Å². The molecular formula is C26H27N5O5. The van der Waals surface area contributed by atoms with Crippen molar-refractivity contribution in [3.8, 4) is 11.3 Å². The highest BCUT2D eigenvalue weighted by atomic mass is 16.6. The summed E-state index contributed by atoms with van der Waals surface area (Å²) < 4.78 is 6.96. The van der Waals surface area contributed by atoms with E-state index in [1.807, 2.05) is 28.0 Å². The Balaban J connectivity index is 1.15. The third kappa shape index (κ3) is 5.07. The highest BCUT2D eigenvalue weighted by Crippen LogP contribution is 2.26. The fourth-order valence-electron chi connectivity index (χ4n) is 4.95. The van der Waals surface area contributed by atoms with E-state index in [4.69, 9.17) is 4.74 Å². The lowest BCUT2D eigenvalue weighted by Gasteiger charge is -2.38. The van der Waals surface area contributed by atoms with Gasteiger partial charge in [0.05, 0.1) is 16.7 Å². The van der Waals surface area contributed by atoms with Gasteiger partial charge in [-0.25, -0.2) is 4.79 Å². The molecule has 10 nitrogen and oxygen atoms in total. The molecule has 0 saturated carbocycles. The molecule has 2 aliphatic rings. The summed E-state index contributed by atoms with van der Waals surface area (Å²) in [4.78, 5) is 39.5. The molecule has 10 heteroatoms. The summed E-state index contributed by atoms with van der Waals surface area (Å²) in [6.45, 7) is 1.65. The van der Waals surface area contributed by atoms with E-state index in [0.717, 1.165) is 12.0 Å². The molecule has 2 fully saturated rings. The first kappa shape index (κ1) is 23.5. The van der Waals surface area contributed by atoms with E-state index in [1.165, 1.54) is 17.7 Å². The molecule has 0 radical (unpaired) electrons. The van der Waals surface area contributed by atoms with Crippen molar-refractivity contribution < 1.29 is 19.2 Å². The van der Waals surface area contributed by atoms with Crippen LogP contribution < -0.4 is 0 Å². The zero-order valence-corrected chi connectivity index (χ0v) is 19.7. The van der Waals surface area contributed by atoms with Crippen LogP contribution in [0, 0.1) is 10.1 Å². The molecule has 3 heterocycles. The van der Waals surface area contributed by atoms with Gasteiger partial charge in [0, 0.05) is 43.0 Å². The van der Waals surface area contributed by atoms with Gasteiger partial charge in [-0.1, -0.05) is 30.3 Å². The Morgan fingerprint density at radius 3 is 2.47 bits per heavy atom. The number of cyclic esters (lactones) is 1. The summed E-state index contributed by atoms with van der Waals surface area (Å²) in [6, 6.07) is 18.1. The summed E-state index contributed by atoms with van der Waals surface area (Å²) in [5.41, 5.74) is 2.58. The predicted octanol–water partition coefficient (Wildman–Crippen LogP) is 3.51. The molecule has 36 heavy (non-hydrogen) atoms. The van der Waals surface area contributed by atoms with Gasteiger partial charge in [0.25, 0.3) is 5.69 Å². The Morgan fingerprint density at radius 1 is 1.06 bits per heavy atom. The smallest absolute Gasteiger partial charge is 0.410 e. The van der Waals surface area contributed by atoms with Crippen molar-refractivity contribution in [1.29, 1.82) is 0 Å². The van der Waals surface area contributed by atoms with Gasteiger partial charge in [-0.3, -0.25) is 24.5 Å². The van der Waals surface area contributed by atoms with Crippen molar-refractivity contribution in [2.75, 3.05) is 19.7 Å². The van der Waals surface area contributed by atoms with Crippen LogP contribution in [0.1, 0.15) is 18.4 Å². The largest absolute Gasteiger partial charge is 0.447 e. The minimum Gasteiger partial charge on any atom is -0.447 e. The number of amides is 2. The number of piperidine rings is 1. The number of non-ortho nitro benzene ring substituents is 1. The Labute approximate surface area is 208 Å². The standard InChI is InChI=1S/C26H27N5O5/c32-25(17-29-15-12-24(27-29)20-6-8-22(9-7-20)31(34)35)28-13-10-21(11-14-28)30-23(18-36-26(30)33)16-19-4-2-1-3-5-19/h1-9,12,15,21,23H,10-11,13-14,16-18H2. The highest BCUT2D eigenvalue weighted by molar-refractivity contribution is 5.76. The average Bonchev–Trinajstić information content (AvgIpc) is 3.51. The van der Waals surface area contributed by atoms with Crippen LogP contribution in [0.3, 0.4) is 0 Å². The first-order chi connectivity index (χ1) is 17.5. The number of hydrogen-bond acceptors (Lipinski definition) is 6. The number of hydrogen-bond donors (Lipinski definition) is 0. The van der Waals surface area contributed by atoms with E-state index in [0.29, 0.717) is 38.2 Å². The lowest BCUT2D eigenvalue weighted by molar-refractivity contribution is -0.384. The second kappa shape index (κ2) is 10.2. The fraction of sp³-hybridized carbons (Fsp3) is 0.346. The minimum atomic E-state index is -0.444. The molecule has 5 rings (SSSR count). The molecule has 2 amide bonds. The van der Waals surface area contributed by atoms with Crippen LogP contribution in [0.15, 0.2) is 66.9 Å². The molecule has 0 N–H and O–H groups in total. The molecule has 3 aromatic rings. The molecule has 1 unspecified atom stereocenters. The van der Waals surface area contributed by atoms with Crippen molar-refractivity contribution in [3.63, 3.8) is 0 Å². The summed E-state index contributed by atoms with van der Waals surface area (Å²) in [5.74, 6) is -0.0309. The number of likely N-dealkylation sites (tertiary alicyclic amines) is 1. The third-order valence-corrected chi connectivity index (χ3v) is 6.84. The second-order valence-electron chi connectivity index (χ2n) is 9.14. The number of carbonyl (C=O) groups excluding carboxylic acids is 2. The summed E-state index contributed by atoms with van der Waals surface area (Å²) in [6.07, 6.45) is 3.63. The lowest BCUT2D eigenvalue weighted by atomic mass is 9.99. The van der Waals surface area contributed by atoms with Crippen LogP contribution in [-0.2, 0) is 22.5 Å². The Morgan fingerprint density at radius 2 is 1.78 bits per heavy atom. The Kier molecular flexibility index (Phi) is 6.66. The second-order valence-corrected chi connectivity index (χ2v) is 9.14. The maximum atomic E-state index is 12.9. The quantitative estimate of drug-likeness (QED) is 0.371. The SMILES string of the molecule is O=C(Cn1ccc(-c2ccc([N+](=O)[O-])cc2)n1)N1CCC(N2C(=O)OCC2Cc2ccccc2)CC1. The van der Waals surface area contributed by atoms with Crippen LogP contribution in [0.25, 0.3) is 11.3 Å². The third-order valence-electron chi connectivity index (χ3n) is 6.84. The van der Waals surface area contributed by atoms with Crippen LogP contribution in [0.5, 0.6) is 0 Å². The van der Waals surface area contributed by atoms with Crippen molar-refractivity contribution in [2.45, 2.75) is 37.9 Å². The first-order valence-corrected chi connectivity index (χ1v) is 12.0. The minimum absolute atomic E-state index is 0.00840. The molecule has 1 aromatic heterocycles. The number of ether oxygens (including phenoxy) is 1. The van der Waals surface area contributed by atoms with E-state index in [1.54, 1.807) is 29.1 Å². The van der Waals surface area contributed by atoms with E-state index in [-0.39, 0.29) is 36.3 Å². The van der Waals surface area contributed by atoms with Crippen molar-refractivity contribution in [2.24, 2.45) is 0 Å². The summed E-state index contributed by atoms with van der Waals surface area (Å²) in [5, 5.41) is 15.3. The Hall–Kier alpha value is -4.21.